The zero-order valence-corrected chi connectivity index (χ0v) is 6.89. The van der Waals surface area contributed by atoms with E-state index in [1.165, 1.54) is 6.92 Å². The first kappa shape index (κ1) is 7.09. The first-order chi connectivity index (χ1) is 4.37. The molecule has 2 bridgehead atoms. The molecule has 0 spiro atoms. The maximum atomic E-state index is 10.9. The van der Waals surface area contributed by atoms with Crippen molar-refractivity contribution in [2.45, 2.75) is 17.8 Å². The molecule has 0 amide bonds. The highest BCUT2D eigenvalue weighted by atomic mass is 32.1. The molecular weight excluding hydrogens is 177 g/mol. The van der Waals surface area contributed by atoms with Crippen LogP contribution in [-0.2, 0) is 18.1 Å². The molecule has 2 N–H and O–H groups in total. The smallest absolute Gasteiger partial charge is 0.290 e. The Hall–Kier alpha value is 0.420. The minimum absolute atomic E-state index is 1.15. The molecule has 0 aliphatic carbocycles. The van der Waals surface area contributed by atoms with Crippen LogP contribution in [0, 0.1) is 0 Å². The molecule has 7 heteroatoms. The molecule has 5 nitrogen and oxygen atoms in total. The van der Waals surface area contributed by atoms with Gasteiger partial charge < -0.3 is 0 Å². The fourth-order valence-electron chi connectivity index (χ4n) is 0.855. The van der Waals surface area contributed by atoms with Crippen LogP contribution in [0.3, 0.4) is 0 Å². The number of nitrogens with two attached hydrogens (primary N) is 1. The van der Waals surface area contributed by atoms with Crippen molar-refractivity contribution in [1.82, 2.24) is 0 Å². The fourth-order valence-corrected chi connectivity index (χ4v) is 3.11. The van der Waals surface area contributed by atoms with Gasteiger partial charge in [0.25, 0.3) is 0 Å². The number of thiol groups is 1. The zero-order valence-electron chi connectivity index (χ0n) is 5.10. The fraction of sp³-hybridized carbons (Fsp3) is 1.00. The summed E-state index contributed by atoms with van der Waals surface area (Å²) in [6.07, 6.45) is 0. The van der Waals surface area contributed by atoms with E-state index in [0.29, 0.717) is 0 Å². The second kappa shape index (κ2) is 1.46. The Bertz CT molecular complexity index is 228. The maximum Gasteiger partial charge on any atom is 0.482 e. The first-order valence-corrected chi connectivity index (χ1v) is 4.51. The van der Waals surface area contributed by atoms with Crippen LogP contribution in [0.1, 0.15) is 6.92 Å². The Morgan fingerprint density at radius 1 is 1.50 bits per heavy atom. The number of phosphoric acid groups is 1. The van der Waals surface area contributed by atoms with Gasteiger partial charge in [0, 0.05) is 0 Å². The molecule has 0 aromatic heterocycles. The van der Waals surface area contributed by atoms with E-state index >= 15 is 0 Å². The van der Waals surface area contributed by atoms with Gasteiger partial charge in [-0.1, -0.05) is 0 Å². The summed E-state index contributed by atoms with van der Waals surface area (Å²) in [4.78, 5) is 0. The molecule has 3 aliphatic heterocycles. The third-order valence-corrected chi connectivity index (χ3v) is 3.77. The Kier molecular flexibility index (Phi) is 1.03. The van der Waals surface area contributed by atoms with Gasteiger partial charge in [-0.15, -0.1) is 12.6 Å². The minimum atomic E-state index is -3.29. The van der Waals surface area contributed by atoms with E-state index in [4.69, 9.17) is 14.8 Å². The van der Waals surface area contributed by atoms with Crippen LogP contribution in [0.15, 0.2) is 0 Å². The van der Waals surface area contributed by atoms with Crippen LogP contribution in [0.5, 0.6) is 0 Å². The second-order valence-corrected chi connectivity index (χ2v) is 4.47. The Morgan fingerprint density at radius 3 is 2.10 bits per heavy atom. The summed E-state index contributed by atoms with van der Waals surface area (Å²) < 4.78 is 25.1. The van der Waals surface area contributed by atoms with E-state index in [9.17, 15) is 4.57 Å². The minimum Gasteiger partial charge on any atom is -0.290 e. The Balaban J connectivity index is 2.41. The average molecular weight is 183 g/mol. The van der Waals surface area contributed by atoms with Gasteiger partial charge in [0.05, 0.1) is 0 Å². The van der Waals surface area contributed by atoms with Gasteiger partial charge in [-0.3, -0.25) is 5.73 Å². The van der Waals surface area contributed by atoms with Crippen LogP contribution in [0.4, 0.5) is 0 Å². The van der Waals surface area contributed by atoms with Gasteiger partial charge in [-0.25, -0.2) is 18.1 Å². The molecule has 0 aromatic carbocycles. The van der Waals surface area contributed by atoms with E-state index in [2.05, 4.69) is 17.2 Å². The van der Waals surface area contributed by atoms with E-state index < -0.39 is 18.7 Å². The lowest BCUT2D eigenvalue weighted by molar-refractivity contribution is -0.175. The Morgan fingerprint density at radius 2 is 2.00 bits per heavy atom. The molecule has 0 aromatic rings. The molecule has 3 heterocycles. The number of phosphoric ester groups is 1. The van der Waals surface area contributed by atoms with E-state index in [-0.39, 0.29) is 0 Å². The van der Waals surface area contributed by atoms with E-state index in [0.717, 1.165) is 0 Å². The quantitative estimate of drug-likeness (QED) is 0.323. The molecule has 3 saturated heterocycles. The van der Waals surface area contributed by atoms with Crippen molar-refractivity contribution in [2.24, 2.45) is 5.73 Å². The number of hydrogen-bond acceptors (Lipinski definition) is 6. The Labute approximate surface area is 62.8 Å². The molecule has 0 radical (unpaired) electrons. The van der Waals surface area contributed by atoms with Crippen molar-refractivity contribution in [2.75, 3.05) is 0 Å². The monoisotopic (exact) mass is 183 g/mol. The van der Waals surface area contributed by atoms with Crippen molar-refractivity contribution in [3.8, 4) is 0 Å². The third-order valence-electron chi connectivity index (χ3n) is 1.47. The molecule has 58 valence electrons. The van der Waals surface area contributed by atoms with Crippen LogP contribution >= 0.6 is 20.5 Å². The highest BCUT2D eigenvalue weighted by molar-refractivity contribution is 7.82. The van der Waals surface area contributed by atoms with Crippen LogP contribution < -0.4 is 5.73 Å². The van der Waals surface area contributed by atoms with Gasteiger partial charge in [0.2, 0.25) is 10.8 Å². The summed E-state index contributed by atoms with van der Waals surface area (Å²) in [6, 6.07) is 0. The predicted octanol–water partition coefficient (Wildman–Crippen LogP) is 0.430. The molecule has 3 aliphatic rings. The van der Waals surface area contributed by atoms with Crippen molar-refractivity contribution >= 4 is 20.5 Å². The SMILES string of the molecule is CC12OP(=O)(OC1(N)S)O2. The molecule has 0 saturated carbocycles. The van der Waals surface area contributed by atoms with Gasteiger partial charge in [-0.05, 0) is 6.92 Å². The first-order valence-electron chi connectivity index (χ1n) is 2.60. The summed E-state index contributed by atoms with van der Waals surface area (Å²) in [6.45, 7) is 1.52. The van der Waals surface area contributed by atoms with Crippen molar-refractivity contribution in [3.05, 3.63) is 0 Å². The predicted molar refractivity (Wildman–Crippen MR) is 35.2 cm³/mol. The highest BCUT2D eigenvalue weighted by Crippen LogP contribution is 2.76. The maximum absolute atomic E-state index is 10.9. The standard InChI is InChI=1S/C3H6NO4PS/c1-2-3(4,10)8-9(5,6-2)7-2/h10H,4H2,1H3. The lowest BCUT2D eigenvalue weighted by Gasteiger charge is -2.33. The van der Waals surface area contributed by atoms with Crippen LogP contribution in [0.25, 0.3) is 0 Å². The van der Waals surface area contributed by atoms with Gasteiger partial charge in [0.1, 0.15) is 0 Å². The van der Waals surface area contributed by atoms with Gasteiger partial charge >= 0.3 is 7.82 Å². The van der Waals surface area contributed by atoms with Gasteiger partial charge in [-0.2, -0.15) is 0 Å². The summed E-state index contributed by atoms with van der Waals surface area (Å²) >= 11 is 3.86. The van der Waals surface area contributed by atoms with E-state index in [1.807, 2.05) is 0 Å². The number of rotatable bonds is 0. The molecule has 3 fully saturated rings. The molecule has 1 atom stereocenters. The van der Waals surface area contributed by atoms with Crippen molar-refractivity contribution in [1.29, 1.82) is 0 Å². The lowest BCUT2D eigenvalue weighted by Crippen LogP contribution is -2.53. The average Bonchev–Trinajstić information content (AvgIpc) is 1.79. The highest BCUT2D eigenvalue weighted by Gasteiger charge is 2.74. The number of hydrogen-bond donors (Lipinski definition) is 2. The zero-order chi connectivity index (χ0) is 7.62. The summed E-state index contributed by atoms with van der Waals surface area (Å²) in [5.41, 5.74) is 5.40. The van der Waals surface area contributed by atoms with Crippen molar-refractivity contribution in [3.63, 3.8) is 0 Å². The van der Waals surface area contributed by atoms with Crippen molar-refractivity contribution < 1.29 is 18.1 Å². The number of fused-ring (bicyclic) bond motifs is 1. The topological polar surface area (TPSA) is 70.8 Å². The molecular formula is C3H6NO4PS. The second-order valence-electron chi connectivity index (χ2n) is 2.36. The lowest BCUT2D eigenvalue weighted by atomic mass is 10.3. The molecule has 10 heavy (non-hydrogen) atoms. The summed E-state index contributed by atoms with van der Waals surface area (Å²) in [5, 5.41) is -1.39. The molecule has 3 rings (SSSR count). The largest absolute Gasteiger partial charge is 0.482 e. The molecule has 1 unspecified atom stereocenters. The summed E-state index contributed by atoms with van der Waals surface area (Å²) in [5.74, 6) is -1.15. The van der Waals surface area contributed by atoms with Gasteiger partial charge in [0.15, 0.2) is 0 Å². The third kappa shape index (κ3) is 0.617. The summed E-state index contributed by atoms with van der Waals surface area (Å²) in [7, 11) is -3.29. The normalized spacial score (nSPS) is 65.9. The van der Waals surface area contributed by atoms with E-state index in [1.54, 1.807) is 0 Å². The van der Waals surface area contributed by atoms with Crippen LogP contribution in [0.2, 0.25) is 0 Å². The van der Waals surface area contributed by atoms with Crippen LogP contribution in [-0.4, -0.2) is 10.8 Å².